The summed E-state index contributed by atoms with van der Waals surface area (Å²) in [6.45, 7) is 3.14. The standard InChI is InChI=1S/C13H19N3OS/c1-9(8-16(2)3)14-13-15-11-6-5-10(17-4)7-12(11)18-13/h5-7,9H,8H2,1-4H3,(H,14,15). The monoisotopic (exact) mass is 265 g/mol. The van der Waals surface area contributed by atoms with E-state index in [0.717, 1.165) is 27.6 Å². The maximum atomic E-state index is 5.22. The van der Waals surface area contributed by atoms with E-state index in [9.17, 15) is 0 Å². The zero-order valence-corrected chi connectivity index (χ0v) is 12.0. The first-order valence-corrected chi connectivity index (χ1v) is 6.76. The minimum Gasteiger partial charge on any atom is -0.497 e. The Morgan fingerprint density at radius 3 is 2.89 bits per heavy atom. The topological polar surface area (TPSA) is 37.4 Å². The van der Waals surface area contributed by atoms with E-state index in [2.05, 4.69) is 36.2 Å². The van der Waals surface area contributed by atoms with E-state index in [-0.39, 0.29) is 0 Å². The fourth-order valence-corrected chi connectivity index (χ4v) is 2.90. The number of thiazole rings is 1. The molecule has 0 aliphatic carbocycles. The molecular formula is C13H19N3OS. The summed E-state index contributed by atoms with van der Waals surface area (Å²) in [5.41, 5.74) is 1.01. The molecule has 2 rings (SSSR count). The van der Waals surface area contributed by atoms with E-state index >= 15 is 0 Å². The SMILES string of the molecule is COc1ccc2nc(NC(C)CN(C)C)sc2c1. The Morgan fingerprint density at radius 2 is 2.22 bits per heavy atom. The van der Waals surface area contributed by atoms with Gasteiger partial charge >= 0.3 is 0 Å². The number of likely N-dealkylation sites (N-methyl/N-ethyl adjacent to an activating group) is 1. The molecule has 1 N–H and O–H groups in total. The number of fused-ring (bicyclic) bond motifs is 1. The maximum Gasteiger partial charge on any atom is 0.184 e. The molecule has 1 aromatic heterocycles. The molecular weight excluding hydrogens is 246 g/mol. The second-order valence-corrected chi connectivity index (χ2v) is 5.69. The van der Waals surface area contributed by atoms with Crippen LogP contribution < -0.4 is 10.1 Å². The van der Waals surface area contributed by atoms with Gasteiger partial charge < -0.3 is 15.0 Å². The lowest BCUT2D eigenvalue weighted by molar-refractivity contribution is 0.392. The van der Waals surface area contributed by atoms with E-state index in [0.29, 0.717) is 6.04 Å². The highest BCUT2D eigenvalue weighted by Gasteiger charge is 2.08. The Kier molecular flexibility index (Phi) is 4.04. The van der Waals surface area contributed by atoms with Crippen molar-refractivity contribution in [1.29, 1.82) is 0 Å². The highest BCUT2D eigenvalue weighted by atomic mass is 32.1. The highest BCUT2D eigenvalue weighted by Crippen LogP contribution is 2.29. The molecule has 0 bridgehead atoms. The predicted octanol–water partition coefficient (Wildman–Crippen LogP) is 2.67. The van der Waals surface area contributed by atoms with Gasteiger partial charge in [-0.2, -0.15) is 0 Å². The van der Waals surface area contributed by atoms with Gasteiger partial charge in [0, 0.05) is 12.6 Å². The Morgan fingerprint density at radius 1 is 1.44 bits per heavy atom. The first-order chi connectivity index (χ1) is 8.58. The molecule has 0 spiro atoms. The van der Waals surface area contributed by atoms with Crippen LogP contribution in [-0.2, 0) is 0 Å². The summed E-state index contributed by atoms with van der Waals surface area (Å²) in [6.07, 6.45) is 0. The van der Waals surface area contributed by atoms with Crippen molar-refractivity contribution in [3.05, 3.63) is 18.2 Å². The predicted molar refractivity (Wildman–Crippen MR) is 77.8 cm³/mol. The van der Waals surface area contributed by atoms with Crippen LogP contribution in [0, 0.1) is 0 Å². The van der Waals surface area contributed by atoms with Crippen molar-refractivity contribution in [2.75, 3.05) is 33.1 Å². The Hall–Kier alpha value is -1.33. The van der Waals surface area contributed by atoms with E-state index in [1.165, 1.54) is 0 Å². The van der Waals surface area contributed by atoms with Gasteiger partial charge in [-0.25, -0.2) is 4.98 Å². The molecule has 1 aromatic carbocycles. The molecule has 1 heterocycles. The molecule has 18 heavy (non-hydrogen) atoms. The summed E-state index contributed by atoms with van der Waals surface area (Å²) < 4.78 is 6.36. The fraction of sp³-hybridized carbons (Fsp3) is 0.462. The minimum absolute atomic E-state index is 0.377. The zero-order valence-electron chi connectivity index (χ0n) is 11.2. The van der Waals surface area contributed by atoms with E-state index in [4.69, 9.17) is 4.74 Å². The summed E-state index contributed by atoms with van der Waals surface area (Å²) in [7, 11) is 5.82. The van der Waals surface area contributed by atoms with Gasteiger partial charge in [-0.15, -0.1) is 0 Å². The molecule has 98 valence electrons. The van der Waals surface area contributed by atoms with E-state index in [1.54, 1.807) is 18.4 Å². The summed E-state index contributed by atoms with van der Waals surface area (Å²) in [4.78, 5) is 6.73. The molecule has 5 heteroatoms. The van der Waals surface area contributed by atoms with Crippen molar-refractivity contribution in [2.24, 2.45) is 0 Å². The van der Waals surface area contributed by atoms with Crippen molar-refractivity contribution in [3.63, 3.8) is 0 Å². The zero-order chi connectivity index (χ0) is 13.1. The second-order valence-electron chi connectivity index (χ2n) is 4.66. The lowest BCUT2D eigenvalue weighted by atomic mass is 10.3. The summed E-state index contributed by atoms with van der Waals surface area (Å²) in [6, 6.07) is 6.33. The number of nitrogens with zero attached hydrogens (tertiary/aromatic N) is 2. The number of methoxy groups -OCH3 is 1. The van der Waals surface area contributed by atoms with Crippen LogP contribution in [0.5, 0.6) is 5.75 Å². The van der Waals surface area contributed by atoms with Crippen LogP contribution in [0.4, 0.5) is 5.13 Å². The minimum atomic E-state index is 0.377. The average molecular weight is 265 g/mol. The number of aromatic nitrogens is 1. The molecule has 0 fully saturated rings. The van der Waals surface area contributed by atoms with Crippen molar-refractivity contribution >= 4 is 26.7 Å². The van der Waals surface area contributed by atoms with Crippen molar-refractivity contribution in [1.82, 2.24) is 9.88 Å². The van der Waals surface area contributed by atoms with E-state index < -0.39 is 0 Å². The highest BCUT2D eigenvalue weighted by molar-refractivity contribution is 7.22. The molecule has 1 atom stereocenters. The molecule has 4 nitrogen and oxygen atoms in total. The smallest absolute Gasteiger partial charge is 0.184 e. The first-order valence-electron chi connectivity index (χ1n) is 5.94. The van der Waals surface area contributed by atoms with Crippen molar-refractivity contribution in [2.45, 2.75) is 13.0 Å². The fourth-order valence-electron chi connectivity index (χ4n) is 1.90. The summed E-state index contributed by atoms with van der Waals surface area (Å²) in [5, 5.41) is 4.39. The molecule has 0 radical (unpaired) electrons. The normalized spacial score (nSPS) is 12.9. The molecule has 0 saturated carbocycles. The first kappa shape index (κ1) is 13.1. The average Bonchev–Trinajstić information content (AvgIpc) is 2.68. The van der Waals surface area contributed by atoms with Gasteiger partial charge in [-0.1, -0.05) is 11.3 Å². The Balaban J connectivity index is 2.14. The van der Waals surface area contributed by atoms with Crippen molar-refractivity contribution < 1.29 is 4.74 Å². The van der Waals surface area contributed by atoms with Gasteiger partial charge in [-0.05, 0) is 39.2 Å². The quantitative estimate of drug-likeness (QED) is 0.902. The number of anilines is 1. The molecule has 1 unspecified atom stereocenters. The van der Waals surface area contributed by atoms with Gasteiger partial charge in [0.25, 0.3) is 0 Å². The van der Waals surface area contributed by atoms with Crippen LogP contribution in [0.2, 0.25) is 0 Å². The van der Waals surface area contributed by atoms with Crippen LogP contribution >= 0.6 is 11.3 Å². The van der Waals surface area contributed by atoms with Gasteiger partial charge in [-0.3, -0.25) is 0 Å². The molecule has 0 amide bonds. The van der Waals surface area contributed by atoms with Gasteiger partial charge in [0.05, 0.1) is 17.3 Å². The number of hydrogen-bond acceptors (Lipinski definition) is 5. The second kappa shape index (κ2) is 5.54. The third kappa shape index (κ3) is 3.11. The number of benzene rings is 1. The number of nitrogens with one attached hydrogen (secondary N) is 1. The van der Waals surface area contributed by atoms with Crippen LogP contribution in [-0.4, -0.2) is 43.7 Å². The van der Waals surface area contributed by atoms with Crippen molar-refractivity contribution in [3.8, 4) is 5.75 Å². The Labute approximate surface area is 112 Å². The molecule has 2 aromatic rings. The number of hydrogen-bond donors (Lipinski definition) is 1. The lowest BCUT2D eigenvalue weighted by Crippen LogP contribution is -2.29. The maximum absolute atomic E-state index is 5.22. The largest absolute Gasteiger partial charge is 0.497 e. The van der Waals surface area contributed by atoms with E-state index in [1.807, 2.05) is 18.2 Å². The lowest BCUT2D eigenvalue weighted by Gasteiger charge is -2.17. The molecule has 0 aliphatic heterocycles. The van der Waals surface area contributed by atoms with Gasteiger partial charge in [0.2, 0.25) is 0 Å². The van der Waals surface area contributed by atoms with Gasteiger partial charge in [0.1, 0.15) is 5.75 Å². The third-order valence-corrected chi connectivity index (χ3v) is 3.55. The Bertz CT molecular complexity index is 524. The summed E-state index contributed by atoms with van der Waals surface area (Å²) in [5.74, 6) is 0.874. The van der Waals surface area contributed by atoms with Crippen LogP contribution in [0.15, 0.2) is 18.2 Å². The third-order valence-electron chi connectivity index (χ3n) is 2.60. The van der Waals surface area contributed by atoms with Crippen LogP contribution in [0.3, 0.4) is 0 Å². The summed E-state index contributed by atoms with van der Waals surface area (Å²) >= 11 is 1.66. The van der Waals surface area contributed by atoms with Crippen LogP contribution in [0.25, 0.3) is 10.2 Å². The molecule has 0 saturated heterocycles. The molecule has 0 aliphatic rings. The van der Waals surface area contributed by atoms with Crippen LogP contribution in [0.1, 0.15) is 6.92 Å². The van der Waals surface area contributed by atoms with Gasteiger partial charge in [0.15, 0.2) is 5.13 Å². The number of ether oxygens (including phenoxy) is 1. The number of rotatable bonds is 5.